The first kappa shape index (κ1) is 18.4. The number of ether oxygens (including phenoxy) is 1. The Bertz CT molecular complexity index is 1070. The minimum atomic E-state index is -1.41. The van der Waals surface area contributed by atoms with Crippen molar-refractivity contribution in [3.63, 3.8) is 0 Å². The van der Waals surface area contributed by atoms with Crippen molar-refractivity contribution in [3.8, 4) is 0 Å². The summed E-state index contributed by atoms with van der Waals surface area (Å²) >= 11 is 0. The molecule has 0 saturated carbocycles. The van der Waals surface area contributed by atoms with Crippen LogP contribution in [-0.2, 0) is 16.9 Å². The molecule has 152 valence electrons. The van der Waals surface area contributed by atoms with Gasteiger partial charge in [0.15, 0.2) is 17.2 Å². The molecule has 6 atom stereocenters. The third-order valence-electron chi connectivity index (χ3n) is 6.33. The zero-order valence-corrected chi connectivity index (χ0v) is 15.9. The molecule has 29 heavy (non-hydrogen) atoms. The Morgan fingerprint density at radius 3 is 2.79 bits per heavy atom. The number of hydrogen-bond acceptors (Lipinski definition) is 8. The van der Waals surface area contributed by atoms with Gasteiger partial charge >= 0.3 is 0 Å². The lowest BCUT2D eigenvalue weighted by Crippen LogP contribution is -2.51. The van der Waals surface area contributed by atoms with Gasteiger partial charge in [0.25, 0.3) is 0 Å². The average Bonchev–Trinajstić information content (AvgIpc) is 3.37. The van der Waals surface area contributed by atoms with Gasteiger partial charge in [0.05, 0.1) is 12.9 Å². The molecule has 0 bridgehead atoms. The van der Waals surface area contributed by atoms with E-state index in [0.717, 1.165) is 12.0 Å². The van der Waals surface area contributed by atoms with Gasteiger partial charge in [0.1, 0.15) is 30.2 Å². The number of aliphatic hydroxyl groups is 3. The molecule has 9 nitrogen and oxygen atoms in total. The predicted molar refractivity (Wildman–Crippen MR) is 104 cm³/mol. The van der Waals surface area contributed by atoms with Crippen LogP contribution in [0, 0.1) is 5.92 Å². The topological polar surface area (TPSA) is 140 Å². The molecule has 5 rings (SSSR count). The lowest BCUT2D eigenvalue weighted by molar-refractivity contribution is -0.169. The van der Waals surface area contributed by atoms with Crippen molar-refractivity contribution >= 4 is 17.0 Å². The Morgan fingerprint density at radius 1 is 1.24 bits per heavy atom. The van der Waals surface area contributed by atoms with E-state index < -0.39 is 30.6 Å². The minimum Gasteiger partial charge on any atom is -0.394 e. The maximum absolute atomic E-state index is 11.3. The number of aliphatic hydroxyl groups excluding tert-OH is 3. The van der Waals surface area contributed by atoms with Crippen LogP contribution in [0.3, 0.4) is 0 Å². The number of nitrogen functional groups attached to an aromatic ring is 1. The van der Waals surface area contributed by atoms with Crippen molar-refractivity contribution in [2.75, 3.05) is 12.3 Å². The van der Waals surface area contributed by atoms with Gasteiger partial charge in [-0.15, -0.1) is 0 Å². The van der Waals surface area contributed by atoms with Crippen molar-refractivity contribution in [1.29, 1.82) is 0 Å². The maximum atomic E-state index is 11.3. The summed E-state index contributed by atoms with van der Waals surface area (Å²) < 4.78 is 7.94. The van der Waals surface area contributed by atoms with Crippen LogP contribution in [0.15, 0.2) is 36.9 Å². The van der Waals surface area contributed by atoms with Gasteiger partial charge in [-0.1, -0.05) is 31.2 Å². The molecule has 1 saturated heterocycles. The van der Waals surface area contributed by atoms with E-state index in [4.69, 9.17) is 10.5 Å². The van der Waals surface area contributed by atoms with Crippen LogP contribution in [0.4, 0.5) is 5.82 Å². The molecule has 0 radical (unpaired) electrons. The van der Waals surface area contributed by atoms with Crippen molar-refractivity contribution in [1.82, 2.24) is 19.5 Å². The van der Waals surface area contributed by atoms with E-state index in [0.29, 0.717) is 11.2 Å². The molecule has 1 aliphatic heterocycles. The fraction of sp³-hybridized carbons (Fsp3) is 0.450. The Morgan fingerprint density at radius 2 is 2.03 bits per heavy atom. The normalized spacial score (nSPS) is 34.0. The zero-order valence-electron chi connectivity index (χ0n) is 15.9. The molecule has 5 N–H and O–H groups in total. The van der Waals surface area contributed by atoms with Crippen LogP contribution in [0.5, 0.6) is 0 Å². The number of anilines is 1. The number of nitrogens with zero attached hydrogens (tertiary/aromatic N) is 4. The SMILES string of the molecule is C[C@@H]1Cc2ccccc2[C@@H]1[C@@]1(n2cnc3c(N)ncnc32)O[C@H](CO)[C@@H](O)[C@H]1O. The molecule has 1 aromatic carbocycles. The van der Waals surface area contributed by atoms with Gasteiger partial charge in [-0.3, -0.25) is 4.57 Å². The molecule has 3 heterocycles. The lowest BCUT2D eigenvalue weighted by atomic mass is 9.80. The molecule has 9 heteroatoms. The van der Waals surface area contributed by atoms with E-state index in [2.05, 4.69) is 27.9 Å². The first-order valence-electron chi connectivity index (χ1n) is 9.65. The minimum absolute atomic E-state index is 0.100. The van der Waals surface area contributed by atoms with E-state index in [9.17, 15) is 15.3 Å². The molecule has 1 fully saturated rings. The number of nitrogens with two attached hydrogens (primary N) is 1. The zero-order chi connectivity index (χ0) is 20.3. The Balaban J connectivity index is 1.79. The molecule has 1 aliphatic carbocycles. The van der Waals surface area contributed by atoms with Crippen LogP contribution >= 0.6 is 0 Å². The summed E-state index contributed by atoms with van der Waals surface area (Å²) in [6.07, 6.45) is 0.128. The van der Waals surface area contributed by atoms with Crippen molar-refractivity contribution in [3.05, 3.63) is 48.0 Å². The molecule has 0 unspecified atom stereocenters. The summed E-state index contributed by atoms with van der Waals surface area (Å²) in [6.45, 7) is 1.66. The van der Waals surface area contributed by atoms with Crippen LogP contribution in [-0.4, -0.2) is 59.8 Å². The van der Waals surface area contributed by atoms with E-state index >= 15 is 0 Å². The van der Waals surface area contributed by atoms with Crippen LogP contribution in [0.25, 0.3) is 11.2 Å². The molecule has 0 spiro atoms. The summed E-state index contributed by atoms with van der Waals surface area (Å²) in [6, 6.07) is 8.01. The highest BCUT2D eigenvalue weighted by Gasteiger charge is 2.62. The number of benzene rings is 1. The van der Waals surface area contributed by atoms with E-state index in [1.54, 1.807) is 4.57 Å². The molecule has 0 amide bonds. The Hall–Kier alpha value is -2.59. The second-order valence-electron chi connectivity index (χ2n) is 7.93. The van der Waals surface area contributed by atoms with Gasteiger partial charge in [-0.2, -0.15) is 0 Å². The molecular weight excluding hydrogens is 374 g/mol. The summed E-state index contributed by atoms with van der Waals surface area (Å²) in [4.78, 5) is 12.7. The average molecular weight is 397 g/mol. The second-order valence-corrected chi connectivity index (χ2v) is 7.93. The van der Waals surface area contributed by atoms with Gasteiger partial charge in [0.2, 0.25) is 0 Å². The smallest absolute Gasteiger partial charge is 0.183 e. The fourth-order valence-corrected chi connectivity index (χ4v) is 5.12. The summed E-state index contributed by atoms with van der Waals surface area (Å²) in [5.74, 6) is 0.0207. The highest BCUT2D eigenvalue weighted by atomic mass is 16.6. The van der Waals surface area contributed by atoms with Crippen molar-refractivity contribution in [2.45, 2.75) is 43.3 Å². The number of aromatic nitrogens is 4. The van der Waals surface area contributed by atoms with Gasteiger partial charge in [0, 0.05) is 5.92 Å². The largest absolute Gasteiger partial charge is 0.394 e. The molecule has 3 aromatic rings. The maximum Gasteiger partial charge on any atom is 0.183 e. The third kappa shape index (κ3) is 2.39. The van der Waals surface area contributed by atoms with Crippen LogP contribution in [0.1, 0.15) is 24.0 Å². The number of rotatable bonds is 3. The number of fused-ring (bicyclic) bond motifs is 2. The van der Waals surface area contributed by atoms with E-state index in [1.807, 2.05) is 18.2 Å². The molecule has 2 aromatic heterocycles. The third-order valence-corrected chi connectivity index (χ3v) is 6.33. The number of hydrogen-bond donors (Lipinski definition) is 4. The standard InChI is InChI=1S/C20H23N5O4/c1-10-6-11-4-2-3-5-12(11)14(10)20(17(28)16(27)13(7-26)29-20)25-9-24-15-18(21)22-8-23-19(15)25/h2-5,8-10,13-14,16-17,26-28H,6-7H2,1H3,(H2,21,22,23)/t10-,13-,14-,16-,17-,20-/m1/s1. The second kappa shape index (κ2) is 6.46. The summed E-state index contributed by atoms with van der Waals surface area (Å²) in [5.41, 5.74) is 7.55. The molecular formula is C20H23N5O4. The summed E-state index contributed by atoms with van der Waals surface area (Å²) in [5, 5.41) is 31.8. The monoisotopic (exact) mass is 397 g/mol. The van der Waals surface area contributed by atoms with Gasteiger partial charge in [-0.05, 0) is 23.5 Å². The highest BCUT2D eigenvalue weighted by Crippen LogP contribution is 2.54. The predicted octanol–water partition coefficient (Wildman–Crippen LogP) is 0.150. The molecule has 2 aliphatic rings. The number of imidazole rings is 1. The summed E-state index contributed by atoms with van der Waals surface area (Å²) in [7, 11) is 0. The Kier molecular flexibility index (Phi) is 4.11. The van der Waals surface area contributed by atoms with Gasteiger partial charge in [-0.25, -0.2) is 15.0 Å². The van der Waals surface area contributed by atoms with Crippen molar-refractivity contribution < 1.29 is 20.1 Å². The van der Waals surface area contributed by atoms with Crippen molar-refractivity contribution in [2.24, 2.45) is 5.92 Å². The van der Waals surface area contributed by atoms with Gasteiger partial charge < -0.3 is 25.8 Å². The first-order chi connectivity index (χ1) is 14.0. The highest BCUT2D eigenvalue weighted by molar-refractivity contribution is 5.81. The van der Waals surface area contributed by atoms with E-state index in [1.165, 1.54) is 18.2 Å². The Labute approximate surface area is 166 Å². The van der Waals surface area contributed by atoms with E-state index in [-0.39, 0.29) is 17.7 Å². The lowest BCUT2D eigenvalue weighted by Gasteiger charge is -2.41. The first-order valence-corrected chi connectivity index (χ1v) is 9.65. The van der Waals surface area contributed by atoms with Crippen LogP contribution in [0.2, 0.25) is 0 Å². The fourth-order valence-electron chi connectivity index (χ4n) is 5.12. The quantitative estimate of drug-likeness (QED) is 0.490. The van der Waals surface area contributed by atoms with Crippen LogP contribution < -0.4 is 5.73 Å².